The van der Waals surface area contributed by atoms with Crippen LogP contribution in [0.5, 0.6) is 0 Å². The van der Waals surface area contributed by atoms with E-state index in [9.17, 15) is 23.2 Å². The predicted molar refractivity (Wildman–Crippen MR) is 122 cm³/mol. The summed E-state index contributed by atoms with van der Waals surface area (Å²) in [4.78, 5) is 37.5. The highest BCUT2D eigenvalue weighted by atomic mass is 19.1. The molecule has 0 spiro atoms. The van der Waals surface area contributed by atoms with Crippen LogP contribution in [0, 0.1) is 11.6 Å². The largest absolute Gasteiger partial charge is 0.350 e. The Morgan fingerprint density at radius 3 is 2.41 bits per heavy atom. The molecule has 0 radical (unpaired) electrons. The van der Waals surface area contributed by atoms with E-state index in [0.29, 0.717) is 18.2 Å². The Labute approximate surface area is 195 Å². The zero-order valence-corrected chi connectivity index (χ0v) is 18.4. The summed E-state index contributed by atoms with van der Waals surface area (Å²) < 4.78 is 26.7. The first-order valence-corrected chi connectivity index (χ1v) is 10.8. The lowest BCUT2D eigenvalue weighted by Crippen LogP contribution is -2.50. The van der Waals surface area contributed by atoms with Crippen LogP contribution < -0.4 is 16.0 Å². The summed E-state index contributed by atoms with van der Waals surface area (Å²) in [6.45, 7) is 1.82. The fourth-order valence-electron chi connectivity index (χ4n) is 3.94. The van der Waals surface area contributed by atoms with Gasteiger partial charge in [-0.1, -0.05) is 42.5 Å². The average Bonchev–Trinajstić information content (AvgIpc) is 2.80. The molecule has 3 N–H and O–H groups in total. The van der Waals surface area contributed by atoms with Gasteiger partial charge in [0.05, 0.1) is 6.42 Å². The van der Waals surface area contributed by atoms with Gasteiger partial charge in [0.15, 0.2) is 0 Å². The van der Waals surface area contributed by atoms with Crippen molar-refractivity contribution in [1.29, 1.82) is 0 Å². The average molecular weight is 463 g/mol. The number of benzene rings is 3. The molecule has 0 bridgehead atoms. The number of nitrogens with one attached hydrogen (secondary N) is 3. The summed E-state index contributed by atoms with van der Waals surface area (Å²) in [5.74, 6) is -3.05. The lowest BCUT2D eigenvalue weighted by molar-refractivity contribution is -0.132. The molecular formula is C26H23F2N3O3. The maximum Gasteiger partial charge on any atom is 0.247 e. The van der Waals surface area contributed by atoms with Crippen LogP contribution in [-0.4, -0.2) is 23.8 Å². The van der Waals surface area contributed by atoms with Crippen molar-refractivity contribution >= 4 is 17.7 Å². The molecule has 0 fully saturated rings. The second-order valence-electron chi connectivity index (χ2n) is 8.18. The van der Waals surface area contributed by atoms with E-state index >= 15 is 0 Å². The van der Waals surface area contributed by atoms with Crippen LogP contribution in [0.15, 0.2) is 66.7 Å². The standard InChI is InChI=1S/C26H23F2N3O3/c1-15(30-23(32)11-16-9-20(27)13-21(28)10-16)25(33)31-24-22-8-7-18(17-5-3-2-4-6-17)12-19(22)14-29-26(24)34/h2-10,12-13,15,24H,11,14H2,1H3,(H,29,34)(H,30,32)(H,31,33). The van der Waals surface area contributed by atoms with Crippen molar-refractivity contribution in [3.8, 4) is 11.1 Å². The van der Waals surface area contributed by atoms with Gasteiger partial charge in [-0.3, -0.25) is 14.4 Å². The third-order valence-corrected chi connectivity index (χ3v) is 5.62. The minimum absolute atomic E-state index is 0.150. The van der Waals surface area contributed by atoms with E-state index in [1.165, 1.54) is 6.92 Å². The SMILES string of the molecule is CC(NC(=O)Cc1cc(F)cc(F)c1)C(=O)NC1C(=O)NCc2cc(-c3ccccc3)ccc21. The first kappa shape index (κ1) is 23.1. The third-order valence-electron chi connectivity index (χ3n) is 5.62. The maximum absolute atomic E-state index is 13.3. The number of carbonyl (C=O) groups excluding carboxylic acids is 3. The van der Waals surface area contributed by atoms with Crippen molar-refractivity contribution in [1.82, 2.24) is 16.0 Å². The second kappa shape index (κ2) is 9.82. The number of hydrogen-bond donors (Lipinski definition) is 3. The molecule has 0 aromatic heterocycles. The van der Waals surface area contributed by atoms with Gasteiger partial charge in [-0.15, -0.1) is 0 Å². The van der Waals surface area contributed by atoms with Crippen molar-refractivity contribution in [2.45, 2.75) is 32.0 Å². The maximum atomic E-state index is 13.3. The summed E-state index contributed by atoms with van der Waals surface area (Å²) in [7, 11) is 0. The van der Waals surface area contributed by atoms with E-state index in [0.717, 1.165) is 28.8 Å². The molecule has 1 heterocycles. The topological polar surface area (TPSA) is 87.3 Å². The van der Waals surface area contributed by atoms with E-state index in [2.05, 4.69) is 16.0 Å². The van der Waals surface area contributed by atoms with Crippen molar-refractivity contribution in [2.24, 2.45) is 0 Å². The molecule has 3 aromatic carbocycles. The predicted octanol–water partition coefficient (Wildman–Crippen LogP) is 3.17. The van der Waals surface area contributed by atoms with Crippen molar-refractivity contribution in [3.05, 3.63) is 95.1 Å². The van der Waals surface area contributed by atoms with Crippen LogP contribution >= 0.6 is 0 Å². The van der Waals surface area contributed by atoms with Gasteiger partial charge < -0.3 is 16.0 Å². The fourth-order valence-corrected chi connectivity index (χ4v) is 3.94. The number of hydrogen-bond acceptors (Lipinski definition) is 3. The molecule has 6 nitrogen and oxygen atoms in total. The van der Waals surface area contributed by atoms with Crippen LogP contribution in [-0.2, 0) is 27.3 Å². The quantitative estimate of drug-likeness (QED) is 0.525. The van der Waals surface area contributed by atoms with Gasteiger partial charge in [-0.05, 0) is 52.9 Å². The highest BCUT2D eigenvalue weighted by Crippen LogP contribution is 2.28. The molecule has 0 saturated carbocycles. The van der Waals surface area contributed by atoms with Gasteiger partial charge in [-0.25, -0.2) is 8.78 Å². The molecule has 3 aromatic rings. The van der Waals surface area contributed by atoms with Crippen molar-refractivity contribution < 1.29 is 23.2 Å². The number of carbonyl (C=O) groups is 3. The van der Waals surface area contributed by atoms with Crippen molar-refractivity contribution in [3.63, 3.8) is 0 Å². The minimum atomic E-state index is -0.965. The number of rotatable bonds is 6. The summed E-state index contributed by atoms with van der Waals surface area (Å²) in [5, 5.41) is 7.97. The Morgan fingerprint density at radius 1 is 1.00 bits per heavy atom. The van der Waals surface area contributed by atoms with Crippen LogP contribution in [0.4, 0.5) is 8.78 Å². The van der Waals surface area contributed by atoms with Gasteiger partial charge in [0.2, 0.25) is 17.7 Å². The molecule has 2 unspecified atom stereocenters. The molecule has 1 aliphatic rings. The highest BCUT2D eigenvalue weighted by molar-refractivity contribution is 5.93. The summed E-state index contributed by atoms with van der Waals surface area (Å²) in [6.07, 6.45) is -0.290. The lowest BCUT2D eigenvalue weighted by Gasteiger charge is -2.28. The molecule has 0 aliphatic carbocycles. The van der Waals surface area contributed by atoms with Crippen LogP contribution in [0.1, 0.15) is 29.7 Å². The molecule has 34 heavy (non-hydrogen) atoms. The Hall–Kier alpha value is -4.07. The van der Waals surface area contributed by atoms with E-state index in [-0.39, 0.29) is 17.9 Å². The van der Waals surface area contributed by atoms with E-state index in [1.807, 2.05) is 48.5 Å². The van der Waals surface area contributed by atoms with Crippen molar-refractivity contribution in [2.75, 3.05) is 0 Å². The van der Waals surface area contributed by atoms with Gasteiger partial charge >= 0.3 is 0 Å². The summed E-state index contributed by atoms with van der Waals surface area (Å²) in [5.41, 5.74) is 3.76. The normalized spacial score (nSPS) is 15.6. The minimum Gasteiger partial charge on any atom is -0.350 e. The summed E-state index contributed by atoms with van der Waals surface area (Å²) in [6, 6.07) is 16.5. The Bertz CT molecular complexity index is 1230. The fraction of sp³-hybridized carbons (Fsp3) is 0.192. The number of amides is 3. The first-order chi connectivity index (χ1) is 16.3. The Morgan fingerprint density at radius 2 is 1.71 bits per heavy atom. The molecule has 0 saturated heterocycles. The van der Waals surface area contributed by atoms with Gasteiger partial charge in [0.1, 0.15) is 23.7 Å². The van der Waals surface area contributed by atoms with Crippen LogP contribution in [0.25, 0.3) is 11.1 Å². The second-order valence-corrected chi connectivity index (χ2v) is 8.18. The number of halogens is 2. The molecule has 174 valence electrons. The van der Waals surface area contributed by atoms with Crippen LogP contribution in [0.3, 0.4) is 0 Å². The van der Waals surface area contributed by atoms with Gasteiger partial charge in [0.25, 0.3) is 0 Å². The summed E-state index contributed by atoms with van der Waals surface area (Å²) >= 11 is 0. The highest BCUT2D eigenvalue weighted by Gasteiger charge is 2.30. The monoisotopic (exact) mass is 463 g/mol. The molecule has 2 atom stereocenters. The molecule has 8 heteroatoms. The smallest absolute Gasteiger partial charge is 0.247 e. The van der Waals surface area contributed by atoms with E-state index in [4.69, 9.17) is 0 Å². The molecule has 4 rings (SSSR count). The molecule has 1 aliphatic heterocycles. The molecular weight excluding hydrogens is 440 g/mol. The number of fused-ring (bicyclic) bond motifs is 1. The Balaban J connectivity index is 1.43. The van der Waals surface area contributed by atoms with Gasteiger partial charge in [0, 0.05) is 12.6 Å². The van der Waals surface area contributed by atoms with E-state index in [1.54, 1.807) is 0 Å². The van der Waals surface area contributed by atoms with Gasteiger partial charge in [-0.2, -0.15) is 0 Å². The lowest BCUT2D eigenvalue weighted by atomic mass is 9.92. The zero-order chi connectivity index (χ0) is 24.2. The van der Waals surface area contributed by atoms with Crippen LogP contribution in [0.2, 0.25) is 0 Å². The zero-order valence-electron chi connectivity index (χ0n) is 18.4. The first-order valence-electron chi connectivity index (χ1n) is 10.8. The third kappa shape index (κ3) is 5.28. The van der Waals surface area contributed by atoms with E-state index < -0.39 is 35.5 Å². The molecule has 3 amide bonds. The Kier molecular flexibility index (Phi) is 6.67.